The van der Waals surface area contributed by atoms with E-state index in [0.717, 1.165) is 38.2 Å². The highest BCUT2D eigenvalue weighted by Gasteiger charge is 2.33. The van der Waals surface area contributed by atoms with Gasteiger partial charge in [0.1, 0.15) is 11.4 Å². The molecule has 0 unspecified atom stereocenters. The molecule has 1 aliphatic heterocycles. The fraction of sp³-hybridized carbons (Fsp3) is 0.706. The zero-order chi connectivity index (χ0) is 17.1. The summed E-state index contributed by atoms with van der Waals surface area (Å²) < 4.78 is 10.8. The molecule has 5 nitrogen and oxygen atoms in total. The SMILES string of the molecule is CC1(CNCc2ccc(Cl)o2)CCN(C(=O)OC(C)(C)C)CC1. The van der Waals surface area contributed by atoms with Crippen LogP contribution < -0.4 is 5.32 Å². The van der Waals surface area contributed by atoms with E-state index in [2.05, 4.69) is 12.2 Å². The first-order valence-electron chi connectivity index (χ1n) is 8.10. The number of carbonyl (C=O) groups excluding carboxylic acids is 1. The largest absolute Gasteiger partial charge is 0.448 e. The predicted octanol–water partition coefficient (Wildman–Crippen LogP) is 4.06. The minimum atomic E-state index is -0.441. The van der Waals surface area contributed by atoms with Crippen molar-refractivity contribution >= 4 is 17.7 Å². The van der Waals surface area contributed by atoms with Crippen LogP contribution in [0, 0.1) is 5.41 Å². The van der Waals surface area contributed by atoms with Crippen molar-refractivity contribution in [3.05, 3.63) is 23.1 Å². The maximum atomic E-state index is 12.1. The second-order valence-electron chi connectivity index (χ2n) is 7.59. The number of furan rings is 1. The van der Waals surface area contributed by atoms with Crippen LogP contribution >= 0.6 is 11.6 Å². The lowest BCUT2D eigenvalue weighted by molar-refractivity contribution is 0.0119. The molecule has 0 saturated carbocycles. The van der Waals surface area contributed by atoms with E-state index in [1.165, 1.54) is 0 Å². The molecule has 1 aliphatic rings. The van der Waals surface area contributed by atoms with Crippen molar-refractivity contribution in [2.45, 2.75) is 52.7 Å². The summed E-state index contributed by atoms with van der Waals surface area (Å²) >= 11 is 5.76. The molecule has 1 amide bonds. The van der Waals surface area contributed by atoms with Gasteiger partial charge in [0.15, 0.2) is 5.22 Å². The van der Waals surface area contributed by atoms with Crippen molar-refractivity contribution in [3.63, 3.8) is 0 Å². The van der Waals surface area contributed by atoms with Crippen LogP contribution in [-0.4, -0.2) is 36.2 Å². The van der Waals surface area contributed by atoms with Crippen LogP contribution in [-0.2, 0) is 11.3 Å². The molecule has 6 heteroatoms. The third-order valence-corrected chi connectivity index (χ3v) is 4.31. The Morgan fingerprint density at radius 1 is 1.39 bits per heavy atom. The molecule has 1 aromatic rings. The second kappa shape index (κ2) is 7.14. The van der Waals surface area contributed by atoms with Gasteiger partial charge in [-0.25, -0.2) is 4.79 Å². The van der Waals surface area contributed by atoms with Crippen molar-refractivity contribution in [2.75, 3.05) is 19.6 Å². The van der Waals surface area contributed by atoms with Gasteiger partial charge in [-0.15, -0.1) is 0 Å². The first kappa shape index (κ1) is 18.1. The van der Waals surface area contributed by atoms with Crippen LogP contribution in [0.3, 0.4) is 0 Å². The Morgan fingerprint density at radius 2 is 2.04 bits per heavy atom. The normalized spacial score (nSPS) is 18.0. The van der Waals surface area contributed by atoms with E-state index in [4.69, 9.17) is 20.8 Å². The monoisotopic (exact) mass is 342 g/mol. The second-order valence-corrected chi connectivity index (χ2v) is 7.96. The van der Waals surface area contributed by atoms with Gasteiger partial charge in [0.2, 0.25) is 0 Å². The molecule has 0 aliphatic carbocycles. The van der Waals surface area contributed by atoms with Gasteiger partial charge < -0.3 is 19.4 Å². The van der Waals surface area contributed by atoms with Gasteiger partial charge in [-0.05, 0) is 62.8 Å². The molecule has 1 saturated heterocycles. The molecule has 1 aromatic heterocycles. The smallest absolute Gasteiger partial charge is 0.410 e. The standard InChI is InChI=1S/C17H27ClN2O3/c1-16(2,3)23-15(21)20-9-7-17(4,8-10-20)12-19-11-13-5-6-14(18)22-13/h5-6,19H,7-12H2,1-4H3. The molecule has 0 radical (unpaired) electrons. The van der Waals surface area contributed by atoms with Gasteiger partial charge in [-0.3, -0.25) is 0 Å². The molecular formula is C17H27ClN2O3. The molecule has 2 heterocycles. The molecule has 130 valence electrons. The van der Waals surface area contributed by atoms with E-state index >= 15 is 0 Å². The Morgan fingerprint density at radius 3 is 2.57 bits per heavy atom. The summed E-state index contributed by atoms with van der Waals surface area (Å²) in [5.74, 6) is 0.838. The Kier molecular flexibility index (Phi) is 5.63. The van der Waals surface area contributed by atoms with Gasteiger partial charge in [-0.2, -0.15) is 0 Å². The molecule has 0 spiro atoms. The number of carbonyl (C=O) groups is 1. The summed E-state index contributed by atoms with van der Waals surface area (Å²) in [7, 11) is 0. The number of nitrogens with zero attached hydrogens (tertiary/aromatic N) is 1. The van der Waals surface area contributed by atoms with E-state index in [9.17, 15) is 4.79 Å². The highest BCUT2D eigenvalue weighted by atomic mass is 35.5. The lowest BCUT2D eigenvalue weighted by atomic mass is 9.80. The van der Waals surface area contributed by atoms with Gasteiger partial charge in [-0.1, -0.05) is 6.92 Å². The van der Waals surface area contributed by atoms with Crippen molar-refractivity contribution < 1.29 is 13.9 Å². The predicted molar refractivity (Wildman–Crippen MR) is 90.6 cm³/mol. The number of hydrogen-bond donors (Lipinski definition) is 1. The molecule has 0 aromatic carbocycles. The van der Waals surface area contributed by atoms with Crippen molar-refractivity contribution in [1.82, 2.24) is 10.2 Å². The average molecular weight is 343 g/mol. The van der Waals surface area contributed by atoms with Gasteiger partial charge >= 0.3 is 6.09 Å². The summed E-state index contributed by atoms with van der Waals surface area (Å²) in [4.78, 5) is 13.9. The average Bonchev–Trinajstić information content (AvgIpc) is 2.83. The topological polar surface area (TPSA) is 54.7 Å². The van der Waals surface area contributed by atoms with Crippen molar-refractivity contribution in [1.29, 1.82) is 0 Å². The minimum absolute atomic E-state index is 0.175. The van der Waals surface area contributed by atoms with Crippen LogP contribution in [0.1, 0.15) is 46.3 Å². The Bertz CT molecular complexity index is 528. The van der Waals surface area contributed by atoms with Crippen molar-refractivity contribution in [3.8, 4) is 0 Å². The number of likely N-dealkylation sites (tertiary alicyclic amines) is 1. The number of ether oxygens (including phenoxy) is 1. The maximum Gasteiger partial charge on any atom is 0.410 e. The number of halogens is 1. The summed E-state index contributed by atoms with van der Waals surface area (Å²) in [6.07, 6.45) is 1.70. The number of nitrogens with one attached hydrogen (secondary N) is 1. The quantitative estimate of drug-likeness (QED) is 0.896. The van der Waals surface area contributed by atoms with Gasteiger partial charge in [0.25, 0.3) is 0 Å². The molecule has 1 N–H and O–H groups in total. The number of amides is 1. The van der Waals surface area contributed by atoms with Crippen LogP contribution in [0.4, 0.5) is 4.79 Å². The van der Waals surface area contributed by atoms with E-state index in [0.29, 0.717) is 11.8 Å². The highest BCUT2D eigenvalue weighted by Crippen LogP contribution is 2.31. The Labute approximate surface area is 143 Å². The van der Waals surface area contributed by atoms with Crippen LogP contribution in [0.25, 0.3) is 0 Å². The summed E-state index contributed by atoms with van der Waals surface area (Å²) in [5, 5.41) is 3.84. The van der Waals surface area contributed by atoms with Gasteiger partial charge in [0, 0.05) is 19.6 Å². The lowest BCUT2D eigenvalue weighted by Gasteiger charge is -2.39. The first-order chi connectivity index (χ1) is 10.7. The molecular weight excluding hydrogens is 316 g/mol. The lowest BCUT2D eigenvalue weighted by Crippen LogP contribution is -2.47. The fourth-order valence-corrected chi connectivity index (χ4v) is 2.83. The van der Waals surface area contributed by atoms with Crippen LogP contribution in [0.2, 0.25) is 5.22 Å². The maximum absolute atomic E-state index is 12.1. The van der Waals surface area contributed by atoms with Gasteiger partial charge in [0.05, 0.1) is 6.54 Å². The molecule has 2 rings (SSSR count). The molecule has 23 heavy (non-hydrogen) atoms. The zero-order valence-electron chi connectivity index (χ0n) is 14.4. The van der Waals surface area contributed by atoms with Crippen LogP contribution in [0.15, 0.2) is 16.5 Å². The Hall–Kier alpha value is -1.20. The number of rotatable bonds is 4. The third-order valence-electron chi connectivity index (χ3n) is 4.10. The van der Waals surface area contributed by atoms with Crippen molar-refractivity contribution in [2.24, 2.45) is 5.41 Å². The minimum Gasteiger partial charge on any atom is -0.448 e. The summed E-state index contributed by atoms with van der Waals surface area (Å²) in [5.41, 5.74) is -0.265. The summed E-state index contributed by atoms with van der Waals surface area (Å²) in [6.45, 7) is 10.9. The van der Waals surface area contributed by atoms with E-state index in [-0.39, 0.29) is 11.5 Å². The van der Waals surface area contributed by atoms with E-state index in [1.807, 2.05) is 26.8 Å². The Balaban J connectivity index is 1.74. The summed E-state index contributed by atoms with van der Waals surface area (Å²) in [6, 6.07) is 3.63. The first-order valence-corrected chi connectivity index (χ1v) is 8.48. The third kappa shape index (κ3) is 5.74. The number of hydrogen-bond acceptors (Lipinski definition) is 4. The zero-order valence-corrected chi connectivity index (χ0v) is 15.2. The van der Waals surface area contributed by atoms with Crippen LogP contribution in [0.5, 0.6) is 0 Å². The fourth-order valence-electron chi connectivity index (χ4n) is 2.67. The molecule has 0 atom stereocenters. The molecule has 1 fully saturated rings. The molecule has 0 bridgehead atoms. The van der Waals surface area contributed by atoms with E-state index < -0.39 is 5.60 Å². The highest BCUT2D eigenvalue weighted by molar-refractivity contribution is 6.28. The van der Waals surface area contributed by atoms with E-state index in [1.54, 1.807) is 11.0 Å². The number of piperidine rings is 1.